The Bertz CT molecular complexity index is 1230. The van der Waals surface area contributed by atoms with Crippen molar-refractivity contribution in [2.75, 3.05) is 17.7 Å². The van der Waals surface area contributed by atoms with Crippen molar-refractivity contribution in [2.45, 2.75) is 32.2 Å². The van der Waals surface area contributed by atoms with Crippen LogP contribution in [0.5, 0.6) is 5.75 Å². The number of amides is 1. The first-order valence-corrected chi connectivity index (χ1v) is 11.8. The van der Waals surface area contributed by atoms with E-state index in [-0.39, 0.29) is 5.91 Å². The number of carbonyl (C=O) groups is 1. The first-order valence-electron chi connectivity index (χ1n) is 10.8. The number of anilines is 1. The minimum absolute atomic E-state index is 0.0227. The van der Waals surface area contributed by atoms with Gasteiger partial charge in [0.2, 0.25) is 5.91 Å². The quantitative estimate of drug-likeness (QED) is 0.318. The zero-order chi connectivity index (χ0) is 22.5. The fraction of sp³-hybridized carbons (Fsp3) is 0.222. The van der Waals surface area contributed by atoms with Gasteiger partial charge in [0.1, 0.15) is 5.75 Å². The second-order valence-electron chi connectivity index (χ2n) is 7.86. The van der Waals surface area contributed by atoms with Crippen molar-refractivity contribution in [3.05, 3.63) is 89.6 Å². The maximum atomic E-state index is 12.5. The van der Waals surface area contributed by atoms with E-state index in [0.29, 0.717) is 12.4 Å². The summed E-state index contributed by atoms with van der Waals surface area (Å²) in [7, 11) is 0. The average molecular weight is 445 g/mol. The van der Waals surface area contributed by atoms with Crippen molar-refractivity contribution in [1.82, 2.24) is 4.57 Å². The van der Waals surface area contributed by atoms with Gasteiger partial charge < -0.3 is 14.6 Å². The number of para-hydroxylation sites is 1. The number of thioether (sulfide) groups is 1. The molecule has 0 aliphatic carbocycles. The highest BCUT2D eigenvalue weighted by Crippen LogP contribution is 2.31. The predicted octanol–water partition coefficient (Wildman–Crippen LogP) is 6.44. The molecule has 0 spiro atoms. The molecule has 5 heteroatoms. The van der Waals surface area contributed by atoms with Crippen molar-refractivity contribution in [2.24, 2.45) is 0 Å². The summed E-state index contributed by atoms with van der Waals surface area (Å²) in [4.78, 5) is 13.7. The van der Waals surface area contributed by atoms with Crippen LogP contribution in [0.2, 0.25) is 0 Å². The largest absolute Gasteiger partial charge is 0.494 e. The third kappa shape index (κ3) is 5.17. The second kappa shape index (κ2) is 9.96. The lowest BCUT2D eigenvalue weighted by atomic mass is 10.1. The van der Waals surface area contributed by atoms with E-state index < -0.39 is 0 Å². The van der Waals surface area contributed by atoms with Gasteiger partial charge in [-0.15, -0.1) is 11.8 Å². The molecular weight excluding hydrogens is 416 g/mol. The fourth-order valence-electron chi connectivity index (χ4n) is 3.75. The molecular formula is C27H28N2O2S. The number of aromatic nitrogens is 1. The van der Waals surface area contributed by atoms with Crippen molar-refractivity contribution < 1.29 is 9.53 Å². The molecule has 0 fully saturated rings. The third-order valence-corrected chi connectivity index (χ3v) is 6.45. The van der Waals surface area contributed by atoms with Crippen LogP contribution < -0.4 is 10.1 Å². The van der Waals surface area contributed by atoms with Gasteiger partial charge in [-0.25, -0.2) is 0 Å². The molecule has 1 heterocycles. The lowest BCUT2D eigenvalue weighted by molar-refractivity contribution is -0.113. The van der Waals surface area contributed by atoms with E-state index in [1.54, 1.807) is 11.8 Å². The Morgan fingerprint density at radius 3 is 2.59 bits per heavy atom. The van der Waals surface area contributed by atoms with Gasteiger partial charge in [0.15, 0.2) is 0 Å². The Morgan fingerprint density at radius 1 is 1.03 bits per heavy atom. The lowest BCUT2D eigenvalue weighted by Gasteiger charge is -2.09. The minimum Gasteiger partial charge on any atom is -0.494 e. The number of hydrogen-bond donors (Lipinski definition) is 1. The highest BCUT2D eigenvalue weighted by molar-refractivity contribution is 8.00. The summed E-state index contributed by atoms with van der Waals surface area (Å²) in [5.74, 6) is 1.13. The van der Waals surface area contributed by atoms with E-state index in [4.69, 9.17) is 4.74 Å². The van der Waals surface area contributed by atoms with E-state index in [1.807, 2.05) is 31.2 Å². The molecule has 32 heavy (non-hydrogen) atoms. The van der Waals surface area contributed by atoms with Gasteiger partial charge >= 0.3 is 0 Å². The van der Waals surface area contributed by atoms with Gasteiger partial charge in [0, 0.05) is 34.2 Å². The second-order valence-corrected chi connectivity index (χ2v) is 8.88. The van der Waals surface area contributed by atoms with Gasteiger partial charge in [-0.1, -0.05) is 42.0 Å². The number of nitrogens with zero attached hydrogens (tertiary/aromatic N) is 1. The highest BCUT2D eigenvalue weighted by atomic mass is 32.2. The molecule has 4 nitrogen and oxygen atoms in total. The first kappa shape index (κ1) is 22.0. The monoisotopic (exact) mass is 444 g/mol. The predicted molar refractivity (Wildman–Crippen MR) is 134 cm³/mol. The van der Waals surface area contributed by atoms with Crippen LogP contribution in [0.15, 0.2) is 77.8 Å². The number of nitrogens with one attached hydrogen (secondary N) is 1. The van der Waals surface area contributed by atoms with Crippen LogP contribution in [-0.2, 0) is 11.3 Å². The summed E-state index contributed by atoms with van der Waals surface area (Å²) >= 11 is 1.57. The summed E-state index contributed by atoms with van der Waals surface area (Å²) in [6.07, 6.45) is 2.17. The molecule has 4 aromatic rings. The smallest absolute Gasteiger partial charge is 0.234 e. The SMILES string of the molecule is CCOc1ccc(NC(=O)CSc2cn(Cc3cc(C)ccc3C)c3ccccc23)cc1. The molecule has 1 amide bonds. The molecule has 3 aromatic carbocycles. The molecule has 1 aromatic heterocycles. The topological polar surface area (TPSA) is 43.3 Å². The van der Waals surface area contributed by atoms with Gasteiger partial charge in [-0.2, -0.15) is 0 Å². The zero-order valence-electron chi connectivity index (χ0n) is 18.7. The van der Waals surface area contributed by atoms with Crippen LogP contribution in [0, 0.1) is 13.8 Å². The minimum atomic E-state index is -0.0227. The Balaban J connectivity index is 1.47. The summed E-state index contributed by atoms with van der Waals surface area (Å²) in [5, 5.41) is 4.15. The summed E-state index contributed by atoms with van der Waals surface area (Å²) in [6.45, 7) is 7.67. The summed E-state index contributed by atoms with van der Waals surface area (Å²) in [5.41, 5.74) is 5.83. The first-order chi connectivity index (χ1) is 15.5. The van der Waals surface area contributed by atoms with Crippen LogP contribution in [0.4, 0.5) is 5.69 Å². The normalized spacial score (nSPS) is 11.0. The number of aryl methyl sites for hydroxylation is 2. The molecule has 0 bridgehead atoms. The number of carbonyl (C=O) groups excluding carboxylic acids is 1. The van der Waals surface area contributed by atoms with Crippen LogP contribution in [0.3, 0.4) is 0 Å². The Morgan fingerprint density at radius 2 is 1.81 bits per heavy atom. The number of fused-ring (bicyclic) bond motifs is 1. The van der Waals surface area contributed by atoms with E-state index in [2.05, 4.69) is 72.4 Å². The number of rotatable bonds is 8. The molecule has 1 N–H and O–H groups in total. The average Bonchev–Trinajstić information content (AvgIpc) is 3.14. The maximum absolute atomic E-state index is 12.5. The van der Waals surface area contributed by atoms with E-state index in [0.717, 1.165) is 22.9 Å². The van der Waals surface area contributed by atoms with E-state index >= 15 is 0 Å². The maximum Gasteiger partial charge on any atom is 0.234 e. The van der Waals surface area contributed by atoms with Gasteiger partial charge in [0.05, 0.1) is 12.4 Å². The highest BCUT2D eigenvalue weighted by Gasteiger charge is 2.12. The fourth-order valence-corrected chi connectivity index (χ4v) is 4.64. The van der Waals surface area contributed by atoms with Crippen molar-refractivity contribution in [3.63, 3.8) is 0 Å². The summed E-state index contributed by atoms with van der Waals surface area (Å²) in [6, 6.07) is 22.4. The van der Waals surface area contributed by atoms with Gasteiger partial charge in [-0.05, 0) is 62.2 Å². The molecule has 0 saturated carbocycles. The van der Waals surface area contributed by atoms with Crippen molar-refractivity contribution in [3.8, 4) is 5.75 Å². The van der Waals surface area contributed by atoms with Gasteiger partial charge in [0.25, 0.3) is 0 Å². The third-order valence-electron chi connectivity index (χ3n) is 5.41. The Labute approximate surface area is 193 Å². The van der Waals surface area contributed by atoms with Crippen molar-refractivity contribution in [1.29, 1.82) is 0 Å². The number of benzene rings is 3. The lowest BCUT2D eigenvalue weighted by Crippen LogP contribution is -2.13. The molecule has 164 valence electrons. The van der Waals surface area contributed by atoms with E-state index in [1.165, 1.54) is 27.6 Å². The molecule has 0 atom stereocenters. The Hall–Kier alpha value is -3.18. The molecule has 0 aliphatic rings. The van der Waals surface area contributed by atoms with Crippen LogP contribution in [0.25, 0.3) is 10.9 Å². The van der Waals surface area contributed by atoms with Gasteiger partial charge in [-0.3, -0.25) is 4.79 Å². The van der Waals surface area contributed by atoms with Crippen LogP contribution in [-0.4, -0.2) is 22.8 Å². The van der Waals surface area contributed by atoms with Crippen molar-refractivity contribution >= 4 is 34.3 Å². The van der Waals surface area contributed by atoms with Crippen LogP contribution >= 0.6 is 11.8 Å². The molecule has 4 rings (SSSR count). The summed E-state index contributed by atoms with van der Waals surface area (Å²) < 4.78 is 7.73. The van der Waals surface area contributed by atoms with Crippen LogP contribution in [0.1, 0.15) is 23.6 Å². The molecule has 0 radical (unpaired) electrons. The standard InChI is InChI=1S/C27H28N2O2S/c1-4-31-23-13-11-22(12-14-23)28-27(30)18-32-26-17-29(25-8-6-5-7-24(25)26)16-21-15-19(2)9-10-20(21)3/h5-15,17H,4,16,18H2,1-3H3,(H,28,30). The number of ether oxygens (including phenoxy) is 1. The molecule has 0 aliphatic heterocycles. The molecule has 0 saturated heterocycles. The number of hydrogen-bond acceptors (Lipinski definition) is 3. The Kier molecular flexibility index (Phi) is 6.86. The molecule has 0 unspecified atom stereocenters. The zero-order valence-corrected chi connectivity index (χ0v) is 19.5. The van der Waals surface area contributed by atoms with E-state index in [9.17, 15) is 4.79 Å².